The summed E-state index contributed by atoms with van der Waals surface area (Å²) in [5, 5.41) is 17.1. The number of thiazole rings is 1. The number of esters is 1. The van der Waals surface area contributed by atoms with Crippen molar-refractivity contribution < 1.29 is 9.53 Å². The molecule has 0 spiro atoms. The number of aromatic nitrogens is 4. The molecule has 0 amide bonds. The Kier molecular flexibility index (Phi) is 7.00. The fraction of sp³-hybridized carbons (Fsp3) is 0.238. The van der Waals surface area contributed by atoms with Gasteiger partial charge in [0, 0.05) is 17.6 Å². The zero-order valence-corrected chi connectivity index (χ0v) is 19.5. The normalized spacial score (nSPS) is 10.9. The molecule has 3 aromatic heterocycles. The standard InChI is InChI=1S/C21H21N5O2S3/c1-3-26-19(17-5-4-10-29-17)24-25-21(26)31-13-18(27)28-11-16-12-30-20(23-16)22-15-8-6-14(2)7-9-15/h4-10,12H,3,11,13H2,1-2H3,(H,22,23). The van der Waals surface area contributed by atoms with E-state index in [-0.39, 0.29) is 18.3 Å². The number of anilines is 2. The molecule has 0 unspecified atom stereocenters. The summed E-state index contributed by atoms with van der Waals surface area (Å²) in [6.07, 6.45) is 0. The summed E-state index contributed by atoms with van der Waals surface area (Å²) >= 11 is 4.42. The Morgan fingerprint density at radius 2 is 2.03 bits per heavy atom. The first-order valence-corrected chi connectivity index (χ1v) is 12.4. The van der Waals surface area contributed by atoms with E-state index in [2.05, 4.69) is 20.5 Å². The zero-order valence-electron chi connectivity index (χ0n) is 17.1. The molecule has 0 saturated heterocycles. The van der Waals surface area contributed by atoms with Crippen LogP contribution in [0.15, 0.2) is 52.3 Å². The minimum atomic E-state index is -0.311. The molecule has 4 rings (SSSR count). The summed E-state index contributed by atoms with van der Waals surface area (Å²) in [6.45, 7) is 4.96. The predicted octanol–water partition coefficient (Wildman–Crippen LogP) is 5.37. The molecule has 0 aliphatic carbocycles. The highest BCUT2D eigenvalue weighted by Gasteiger charge is 2.16. The Balaban J connectivity index is 1.27. The van der Waals surface area contributed by atoms with Crippen molar-refractivity contribution in [1.82, 2.24) is 19.7 Å². The SMILES string of the molecule is CCn1c(SCC(=O)OCc2csc(Nc3ccc(C)cc3)n2)nnc1-c1cccs1. The van der Waals surface area contributed by atoms with Crippen molar-refractivity contribution in [2.45, 2.75) is 32.2 Å². The fourth-order valence-electron chi connectivity index (χ4n) is 2.78. The van der Waals surface area contributed by atoms with Gasteiger partial charge < -0.3 is 14.6 Å². The van der Waals surface area contributed by atoms with Gasteiger partial charge in [0.05, 0.1) is 16.3 Å². The van der Waals surface area contributed by atoms with Gasteiger partial charge >= 0.3 is 5.97 Å². The number of nitrogens with one attached hydrogen (secondary N) is 1. The highest BCUT2D eigenvalue weighted by molar-refractivity contribution is 7.99. The number of thiophene rings is 1. The quantitative estimate of drug-likeness (QED) is 0.259. The highest BCUT2D eigenvalue weighted by atomic mass is 32.2. The van der Waals surface area contributed by atoms with Crippen molar-refractivity contribution in [2.75, 3.05) is 11.1 Å². The minimum Gasteiger partial charge on any atom is -0.459 e. The first-order valence-electron chi connectivity index (χ1n) is 9.66. The maximum Gasteiger partial charge on any atom is 0.316 e. The lowest BCUT2D eigenvalue weighted by Crippen LogP contribution is -2.09. The predicted molar refractivity (Wildman–Crippen MR) is 126 cm³/mol. The summed E-state index contributed by atoms with van der Waals surface area (Å²) < 4.78 is 7.39. The van der Waals surface area contributed by atoms with Gasteiger partial charge in [-0.25, -0.2) is 4.98 Å². The second kappa shape index (κ2) is 10.1. The molecule has 0 fully saturated rings. The Morgan fingerprint density at radius 1 is 1.19 bits per heavy atom. The van der Waals surface area contributed by atoms with Crippen LogP contribution in [-0.4, -0.2) is 31.5 Å². The molecule has 160 valence electrons. The first kappa shape index (κ1) is 21.5. The molecule has 31 heavy (non-hydrogen) atoms. The number of carbonyl (C=O) groups excluding carboxylic acids is 1. The van der Waals surface area contributed by atoms with Crippen molar-refractivity contribution >= 4 is 51.2 Å². The number of aryl methyl sites for hydroxylation is 1. The van der Waals surface area contributed by atoms with Crippen molar-refractivity contribution in [1.29, 1.82) is 0 Å². The van der Waals surface area contributed by atoms with Gasteiger partial charge in [-0.1, -0.05) is 35.5 Å². The Morgan fingerprint density at radius 3 is 2.77 bits per heavy atom. The van der Waals surface area contributed by atoms with E-state index < -0.39 is 0 Å². The lowest BCUT2D eigenvalue weighted by molar-refractivity contribution is -0.141. The maximum atomic E-state index is 12.2. The minimum absolute atomic E-state index is 0.145. The van der Waals surface area contributed by atoms with Crippen molar-refractivity contribution in [2.24, 2.45) is 0 Å². The summed E-state index contributed by atoms with van der Waals surface area (Å²) in [6, 6.07) is 12.1. The van der Waals surface area contributed by atoms with E-state index in [0.29, 0.717) is 5.16 Å². The molecular weight excluding hydrogens is 450 g/mol. The Hall–Kier alpha value is -2.69. The third-order valence-electron chi connectivity index (χ3n) is 4.33. The van der Waals surface area contributed by atoms with E-state index in [1.807, 2.05) is 65.6 Å². The summed E-state index contributed by atoms with van der Waals surface area (Å²) in [5.41, 5.74) is 2.90. The zero-order chi connectivity index (χ0) is 21.6. The number of benzene rings is 1. The molecule has 0 aliphatic rings. The third kappa shape index (κ3) is 5.52. The van der Waals surface area contributed by atoms with E-state index in [1.165, 1.54) is 28.7 Å². The van der Waals surface area contributed by atoms with E-state index in [9.17, 15) is 4.79 Å². The monoisotopic (exact) mass is 471 g/mol. The number of carbonyl (C=O) groups is 1. The van der Waals surface area contributed by atoms with Gasteiger partial charge in [-0.3, -0.25) is 4.79 Å². The van der Waals surface area contributed by atoms with E-state index in [1.54, 1.807) is 11.3 Å². The van der Waals surface area contributed by atoms with Gasteiger partial charge in [-0.05, 0) is 37.4 Å². The number of rotatable bonds is 9. The number of ether oxygens (including phenoxy) is 1. The maximum absolute atomic E-state index is 12.2. The van der Waals surface area contributed by atoms with Crippen LogP contribution in [0.1, 0.15) is 18.2 Å². The van der Waals surface area contributed by atoms with Crippen LogP contribution in [0.3, 0.4) is 0 Å². The molecule has 0 radical (unpaired) electrons. The van der Waals surface area contributed by atoms with Gasteiger partial charge in [-0.2, -0.15) is 0 Å². The average molecular weight is 472 g/mol. The van der Waals surface area contributed by atoms with Gasteiger partial charge in [0.2, 0.25) is 0 Å². The molecule has 0 saturated carbocycles. The molecular formula is C21H21N5O2S3. The largest absolute Gasteiger partial charge is 0.459 e. The number of hydrogen-bond acceptors (Lipinski definition) is 9. The van der Waals surface area contributed by atoms with Crippen LogP contribution >= 0.6 is 34.4 Å². The van der Waals surface area contributed by atoms with Crippen molar-refractivity contribution in [3.63, 3.8) is 0 Å². The number of nitrogens with zero attached hydrogens (tertiary/aromatic N) is 4. The van der Waals surface area contributed by atoms with Gasteiger partial charge in [-0.15, -0.1) is 32.9 Å². The van der Waals surface area contributed by atoms with E-state index in [0.717, 1.165) is 33.8 Å². The highest BCUT2D eigenvalue weighted by Crippen LogP contribution is 2.27. The first-order chi connectivity index (χ1) is 15.1. The molecule has 10 heteroatoms. The van der Waals surface area contributed by atoms with Gasteiger partial charge in [0.25, 0.3) is 0 Å². The van der Waals surface area contributed by atoms with Crippen molar-refractivity contribution in [3.8, 4) is 10.7 Å². The van der Waals surface area contributed by atoms with Gasteiger partial charge in [0.1, 0.15) is 6.61 Å². The number of hydrogen-bond donors (Lipinski definition) is 1. The lowest BCUT2D eigenvalue weighted by Gasteiger charge is -2.06. The number of thioether (sulfide) groups is 1. The van der Waals surface area contributed by atoms with Crippen LogP contribution in [-0.2, 0) is 22.7 Å². The summed E-state index contributed by atoms with van der Waals surface area (Å²) in [5.74, 6) is 0.681. The molecule has 1 N–H and O–H groups in total. The molecule has 3 heterocycles. The van der Waals surface area contributed by atoms with Crippen LogP contribution in [0.5, 0.6) is 0 Å². The molecule has 1 aromatic carbocycles. The second-order valence-electron chi connectivity index (χ2n) is 6.61. The lowest BCUT2D eigenvalue weighted by atomic mass is 10.2. The Bertz CT molecular complexity index is 1140. The fourth-order valence-corrected chi connectivity index (χ4v) is 5.01. The topological polar surface area (TPSA) is 81.9 Å². The average Bonchev–Trinajstić information content (AvgIpc) is 3.52. The van der Waals surface area contributed by atoms with Crippen molar-refractivity contribution in [3.05, 3.63) is 58.4 Å². The summed E-state index contributed by atoms with van der Waals surface area (Å²) in [7, 11) is 0. The van der Waals surface area contributed by atoms with Crippen LogP contribution in [0.4, 0.5) is 10.8 Å². The Labute approximate surface area is 192 Å². The van der Waals surface area contributed by atoms with Gasteiger partial charge in [0.15, 0.2) is 16.1 Å². The molecule has 0 atom stereocenters. The van der Waals surface area contributed by atoms with Crippen LogP contribution in [0.25, 0.3) is 10.7 Å². The second-order valence-corrected chi connectivity index (χ2v) is 9.36. The van der Waals surface area contributed by atoms with Crippen LogP contribution < -0.4 is 5.32 Å². The summed E-state index contributed by atoms with van der Waals surface area (Å²) in [4.78, 5) is 17.7. The smallest absolute Gasteiger partial charge is 0.316 e. The molecule has 0 aliphatic heterocycles. The van der Waals surface area contributed by atoms with Crippen LogP contribution in [0.2, 0.25) is 0 Å². The van der Waals surface area contributed by atoms with E-state index >= 15 is 0 Å². The van der Waals surface area contributed by atoms with Crippen LogP contribution in [0, 0.1) is 6.92 Å². The third-order valence-corrected chi connectivity index (χ3v) is 6.94. The van der Waals surface area contributed by atoms with E-state index in [4.69, 9.17) is 4.74 Å². The molecule has 7 nitrogen and oxygen atoms in total. The molecule has 4 aromatic rings. The molecule has 0 bridgehead atoms.